The van der Waals surface area contributed by atoms with Crippen LogP contribution in [0.15, 0.2) is 24.3 Å². The van der Waals surface area contributed by atoms with E-state index in [9.17, 15) is 18.0 Å². The highest BCUT2D eigenvalue weighted by atomic mass is 19.4. The number of fused-ring (bicyclic) bond motifs is 1. The van der Waals surface area contributed by atoms with Gasteiger partial charge in [0, 0.05) is 12.6 Å². The molecule has 0 bridgehead atoms. The smallest absolute Gasteiger partial charge is 0.351 e. The van der Waals surface area contributed by atoms with Crippen LogP contribution in [0.2, 0.25) is 0 Å². The average Bonchev–Trinajstić information content (AvgIpc) is 2.96. The lowest BCUT2D eigenvalue weighted by atomic mass is 9.85. The molecule has 1 saturated carbocycles. The largest absolute Gasteiger partial charge is 0.416 e. The summed E-state index contributed by atoms with van der Waals surface area (Å²) in [5.74, 6) is 0.532. The van der Waals surface area contributed by atoms with Crippen LogP contribution in [0.25, 0.3) is 0 Å². The Morgan fingerprint density at radius 1 is 1.17 bits per heavy atom. The number of rotatable bonds is 3. The van der Waals surface area contributed by atoms with Crippen LogP contribution in [-0.4, -0.2) is 18.0 Å². The summed E-state index contributed by atoms with van der Waals surface area (Å²) in [4.78, 5) is 12.2. The Morgan fingerprint density at radius 3 is 2.52 bits per heavy atom. The predicted molar refractivity (Wildman–Crippen MR) is 80.6 cm³/mol. The van der Waals surface area contributed by atoms with Gasteiger partial charge in [-0.2, -0.15) is 13.2 Å². The van der Waals surface area contributed by atoms with E-state index in [0.29, 0.717) is 17.5 Å². The third kappa shape index (κ3) is 3.86. The molecule has 2 N–H and O–H groups in total. The maximum absolute atomic E-state index is 12.5. The van der Waals surface area contributed by atoms with Gasteiger partial charge in [-0.15, -0.1) is 0 Å². The Labute approximate surface area is 133 Å². The summed E-state index contributed by atoms with van der Waals surface area (Å²) >= 11 is 0. The summed E-state index contributed by atoms with van der Waals surface area (Å²) in [6.07, 6.45) is 1.31. The third-order valence-electron chi connectivity index (χ3n) is 4.93. The van der Waals surface area contributed by atoms with Gasteiger partial charge in [0.15, 0.2) is 0 Å². The van der Waals surface area contributed by atoms with Crippen LogP contribution in [-0.2, 0) is 17.5 Å². The van der Waals surface area contributed by atoms with E-state index in [0.717, 1.165) is 25.0 Å². The standard InChI is InChI=1S/C17H21F3N2O/c18-17(19,20)13-7-5-11(6-8-13)10-21-16(23)15-9-12-3-1-2-4-14(12)22-15/h5-8,12,14-15,22H,1-4,9-10H2,(H,21,23). The minimum Gasteiger partial charge on any atom is -0.351 e. The summed E-state index contributed by atoms with van der Waals surface area (Å²) in [7, 11) is 0. The van der Waals surface area contributed by atoms with Gasteiger partial charge in [-0.05, 0) is 42.9 Å². The van der Waals surface area contributed by atoms with Gasteiger partial charge in [0.25, 0.3) is 0 Å². The Kier molecular flexibility index (Phi) is 4.62. The summed E-state index contributed by atoms with van der Waals surface area (Å²) in [6, 6.07) is 5.19. The molecule has 1 aliphatic heterocycles. The van der Waals surface area contributed by atoms with E-state index in [2.05, 4.69) is 10.6 Å². The van der Waals surface area contributed by atoms with Crippen molar-refractivity contribution in [3.05, 3.63) is 35.4 Å². The number of carbonyl (C=O) groups excluding carboxylic acids is 1. The molecule has 0 radical (unpaired) electrons. The summed E-state index contributed by atoms with van der Waals surface area (Å²) in [5, 5.41) is 6.22. The summed E-state index contributed by atoms with van der Waals surface area (Å²) in [5.41, 5.74) is -0.00382. The highest BCUT2D eigenvalue weighted by Crippen LogP contribution is 2.33. The molecule has 6 heteroatoms. The summed E-state index contributed by atoms with van der Waals surface area (Å²) in [6.45, 7) is 0.254. The Hall–Kier alpha value is -1.56. The first-order valence-corrected chi connectivity index (χ1v) is 8.13. The monoisotopic (exact) mass is 326 g/mol. The van der Waals surface area contributed by atoms with E-state index in [1.54, 1.807) is 0 Å². The van der Waals surface area contributed by atoms with Crippen LogP contribution in [0.3, 0.4) is 0 Å². The molecule has 1 aromatic carbocycles. The molecule has 1 aliphatic carbocycles. The molecule has 0 aromatic heterocycles. The maximum Gasteiger partial charge on any atom is 0.416 e. The molecule has 1 saturated heterocycles. The van der Waals surface area contributed by atoms with Crippen molar-refractivity contribution in [2.24, 2.45) is 5.92 Å². The Balaban J connectivity index is 1.51. The van der Waals surface area contributed by atoms with Gasteiger partial charge in [0.1, 0.15) is 0 Å². The van der Waals surface area contributed by atoms with Crippen molar-refractivity contribution in [2.75, 3.05) is 0 Å². The molecular formula is C17H21F3N2O. The number of nitrogens with one attached hydrogen (secondary N) is 2. The molecule has 2 aliphatic rings. The average molecular weight is 326 g/mol. The van der Waals surface area contributed by atoms with E-state index < -0.39 is 11.7 Å². The van der Waals surface area contributed by atoms with Gasteiger partial charge in [-0.3, -0.25) is 4.79 Å². The number of hydrogen-bond acceptors (Lipinski definition) is 2. The van der Waals surface area contributed by atoms with E-state index in [-0.39, 0.29) is 18.5 Å². The fraction of sp³-hybridized carbons (Fsp3) is 0.588. The third-order valence-corrected chi connectivity index (χ3v) is 4.93. The molecule has 1 aromatic rings. The second-order valence-electron chi connectivity index (χ2n) is 6.52. The topological polar surface area (TPSA) is 41.1 Å². The second-order valence-corrected chi connectivity index (χ2v) is 6.52. The molecular weight excluding hydrogens is 305 g/mol. The van der Waals surface area contributed by atoms with Crippen LogP contribution in [0.5, 0.6) is 0 Å². The van der Waals surface area contributed by atoms with Crippen LogP contribution < -0.4 is 10.6 Å². The molecule has 3 atom stereocenters. The Morgan fingerprint density at radius 2 is 1.87 bits per heavy atom. The normalized spacial score (nSPS) is 27.5. The molecule has 23 heavy (non-hydrogen) atoms. The zero-order chi connectivity index (χ0) is 16.4. The lowest BCUT2D eigenvalue weighted by molar-refractivity contribution is -0.137. The molecule has 1 amide bonds. The first-order chi connectivity index (χ1) is 10.9. The van der Waals surface area contributed by atoms with Crippen molar-refractivity contribution in [3.8, 4) is 0 Å². The Bertz CT molecular complexity index is 542. The number of hydrogen-bond donors (Lipinski definition) is 2. The first-order valence-electron chi connectivity index (χ1n) is 8.13. The van der Waals surface area contributed by atoms with E-state index in [1.165, 1.54) is 31.4 Å². The van der Waals surface area contributed by atoms with Crippen LogP contribution in [0.4, 0.5) is 13.2 Å². The number of alkyl halides is 3. The fourth-order valence-corrected chi connectivity index (χ4v) is 3.65. The lowest BCUT2D eigenvalue weighted by Crippen LogP contribution is -2.42. The molecule has 1 heterocycles. The van der Waals surface area contributed by atoms with Crippen molar-refractivity contribution < 1.29 is 18.0 Å². The quantitative estimate of drug-likeness (QED) is 0.895. The van der Waals surface area contributed by atoms with Crippen LogP contribution in [0.1, 0.15) is 43.2 Å². The van der Waals surface area contributed by atoms with E-state index >= 15 is 0 Å². The number of carbonyl (C=O) groups is 1. The molecule has 3 rings (SSSR count). The van der Waals surface area contributed by atoms with Crippen molar-refractivity contribution in [2.45, 2.75) is 56.9 Å². The van der Waals surface area contributed by atoms with Gasteiger partial charge >= 0.3 is 6.18 Å². The first kappa shape index (κ1) is 16.3. The molecule has 0 spiro atoms. The van der Waals surface area contributed by atoms with Gasteiger partial charge in [0.2, 0.25) is 5.91 Å². The number of halogens is 3. The highest BCUT2D eigenvalue weighted by Gasteiger charge is 2.38. The van der Waals surface area contributed by atoms with E-state index in [4.69, 9.17) is 0 Å². The highest BCUT2D eigenvalue weighted by molar-refractivity contribution is 5.82. The number of amides is 1. The van der Waals surface area contributed by atoms with Gasteiger partial charge < -0.3 is 10.6 Å². The van der Waals surface area contributed by atoms with Gasteiger partial charge in [-0.1, -0.05) is 25.0 Å². The SMILES string of the molecule is O=C(NCc1ccc(C(F)(F)F)cc1)C1CC2CCCCC2N1. The molecule has 126 valence electrons. The molecule has 2 fully saturated rings. The second kappa shape index (κ2) is 6.51. The predicted octanol–water partition coefficient (Wildman–Crippen LogP) is 3.24. The molecule has 3 unspecified atom stereocenters. The fourth-order valence-electron chi connectivity index (χ4n) is 3.65. The van der Waals surface area contributed by atoms with Crippen LogP contribution >= 0.6 is 0 Å². The van der Waals surface area contributed by atoms with Crippen LogP contribution in [0, 0.1) is 5.92 Å². The van der Waals surface area contributed by atoms with Crippen molar-refractivity contribution in [1.29, 1.82) is 0 Å². The van der Waals surface area contributed by atoms with Crippen molar-refractivity contribution >= 4 is 5.91 Å². The van der Waals surface area contributed by atoms with Gasteiger partial charge in [-0.25, -0.2) is 0 Å². The lowest BCUT2D eigenvalue weighted by Gasteiger charge is -2.24. The van der Waals surface area contributed by atoms with E-state index in [1.807, 2.05) is 0 Å². The number of benzene rings is 1. The minimum absolute atomic E-state index is 0.0562. The minimum atomic E-state index is -4.33. The van der Waals surface area contributed by atoms with Crippen molar-refractivity contribution in [3.63, 3.8) is 0 Å². The zero-order valence-corrected chi connectivity index (χ0v) is 12.8. The van der Waals surface area contributed by atoms with Crippen molar-refractivity contribution in [1.82, 2.24) is 10.6 Å². The summed E-state index contributed by atoms with van der Waals surface area (Å²) < 4.78 is 37.5. The zero-order valence-electron chi connectivity index (χ0n) is 12.8. The molecule has 3 nitrogen and oxygen atoms in total. The maximum atomic E-state index is 12.5. The van der Waals surface area contributed by atoms with Gasteiger partial charge in [0.05, 0.1) is 11.6 Å².